The number of rotatable bonds is 9. The molecule has 0 spiro atoms. The molecule has 0 radical (unpaired) electrons. The van der Waals surface area contributed by atoms with Gasteiger partial charge in [-0.15, -0.1) is 0 Å². The first-order chi connectivity index (χ1) is 29.1. The Labute approximate surface area is 364 Å². The zero-order chi connectivity index (χ0) is 41.5. The molecule has 0 unspecified atom stereocenters. The van der Waals surface area contributed by atoms with Crippen LogP contribution < -0.4 is 15.3 Å². The van der Waals surface area contributed by atoms with Crippen LogP contribution in [-0.4, -0.2) is 18.3 Å². The third-order valence-corrected chi connectivity index (χ3v) is 11.8. The van der Waals surface area contributed by atoms with Gasteiger partial charge in [0.2, 0.25) is 0 Å². The van der Waals surface area contributed by atoms with Crippen molar-refractivity contribution in [2.75, 3.05) is 9.80 Å². The molecule has 4 nitrogen and oxygen atoms in total. The molecule has 1 fully saturated rings. The Morgan fingerprint density at radius 2 is 0.600 bits per heavy atom. The Balaban J connectivity index is 0.000000172. The van der Waals surface area contributed by atoms with Gasteiger partial charge >= 0.3 is 7.12 Å². The van der Waals surface area contributed by atoms with Gasteiger partial charge < -0.3 is 19.1 Å². The zero-order valence-electron chi connectivity index (χ0n) is 34.5. The van der Waals surface area contributed by atoms with Crippen LogP contribution in [0.2, 0.25) is 0 Å². The van der Waals surface area contributed by atoms with Crippen LogP contribution >= 0.6 is 15.9 Å². The number of hydrogen-bond donors (Lipinski definition) is 0. The minimum atomic E-state index is -0.366. The molecular formula is C54H48BBrN2O2. The standard InChI is InChI=1S/C30H30BNO2.C24H18BrN/c1-29(2)30(3,4)34-31(33-29)25-17-21-28(22-18-25)32(26-13-9-6-10-14-26)27-19-15-24(16-20-27)23-11-7-5-8-12-23;25-21-13-17-24(18-14-21)26(22-9-5-2-6-10-22)23-15-11-20(12-16-23)19-7-3-1-4-8-19/h5-22H,1-4H3;1-18H. The lowest BCUT2D eigenvalue weighted by Crippen LogP contribution is -2.41. The van der Waals surface area contributed by atoms with Crippen molar-refractivity contribution >= 4 is 62.6 Å². The molecule has 296 valence electrons. The normalized spacial score (nSPS) is 13.8. The van der Waals surface area contributed by atoms with E-state index in [-0.39, 0.29) is 18.3 Å². The molecule has 8 aromatic rings. The number of hydrogen-bond acceptors (Lipinski definition) is 4. The number of nitrogens with zero attached hydrogens (tertiary/aromatic N) is 2. The minimum absolute atomic E-state index is 0.354. The van der Waals surface area contributed by atoms with Crippen molar-refractivity contribution in [2.45, 2.75) is 38.9 Å². The molecule has 6 heteroatoms. The molecule has 0 amide bonds. The molecule has 8 aromatic carbocycles. The van der Waals surface area contributed by atoms with Gasteiger partial charge in [-0.3, -0.25) is 0 Å². The van der Waals surface area contributed by atoms with Crippen LogP contribution in [-0.2, 0) is 9.31 Å². The van der Waals surface area contributed by atoms with Gasteiger partial charge in [-0.05, 0) is 140 Å². The molecule has 60 heavy (non-hydrogen) atoms. The van der Waals surface area contributed by atoms with Gasteiger partial charge in [-0.25, -0.2) is 0 Å². The summed E-state index contributed by atoms with van der Waals surface area (Å²) in [7, 11) is -0.366. The SMILES string of the molecule is Brc1ccc(N(c2ccccc2)c2ccc(-c3ccccc3)cc2)cc1.CC1(C)OB(c2ccc(N(c3ccccc3)c3ccc(-c4ccccc4)cc3)cc2)OC1(C)C. The Morgan fingerprint density at radius 3 is 0.950 bits per heavy atom. The Bertz CT molecular complexity index is 2550. The summed E-state index contributed by atoms with van der Waals surface area (Å²) in [5.74, 6) is 0. The van der Waals surface area contributed by atoms with E-state index in [4.69, 9.17) is 9.31 Å². The van der Waals surface area contributed by atoms with Crippen molar-refractivity contribution in [1.29, 1.82) is 0 Å². The van der Waals surface area contributed by atoms with Gasteiger partial charge in [0.1, 0.15) is 0 Å². The monoisotopic (exact) mass is 846 g/mol. The third kappa shape index (κ3) is 9.17. The van der Waals surface area contributed by atoms with Crippen LogP contribution in [0.3, 0.4) is 0 Å². The van der Waals surface area contributed by atoms with Crippen molar-refractivity contribution in [3.63, 3.8) is 0 Å². The lowest BCUT2D eigenvalue weighted by Gasteiger charge is -2.32. The lowest BCUT2D eigenvalue weighted by atomic mass is 9.79. The molecule has 0 aliphatic carbocycles. The van der Waals surface area contributed by atoms with E-state index in [9.17, 15) is 0 Å². The Hall–Kier alpha value is -6.18. The summed E-state index contributed by atoms with van der Waals surface area (Å²) in [6, 6.07) is 76.1. The van der Waals surface area contributed by atoms with Gasteiger partial charge in [0.25, 0.3) is 0 Å². The van der Waals surface area contributed by atoms with Crippen molar-refractivity contribution in [1.82, 2.24) is 0 Å². The van der Waals surface area contributed by atoms with E-state index in [2.05, 4.69) is 248 Å². The predicted octanol–water partition coefficient (Wildman–Crippen LogP) is 14.7. The molecule has 0 bridgehead atoms. The molecule has 1 aliphatic heterocycles. The molecule has 9 rings (SSSR count). The summed E-state index contributed by atoms with van der Waals surface area (Å²) >= 11 is 3.52. The molecule has 0 saturated carbocycles. The highest BCUT2D eigenvalue weighted by Crippen LogP contribution is 2.39. The van der Waals surface area contributed by atoms with Crippen LogP contribution in [0.1, 0.15) is 27.7 Å². The van der Waals surface area contributed by atoms with E-state index in [1.807, 2.05) is 24.3 Å². The molecule has 0 aromatic heterocycles. The Kier molecular flexibility index (Phi) is 12.2. The highest BCUT2D eigenvalue weighted by Gasteiger charge is 2.51. The molecule has 1 aliphatic rings. The topological polar surface area (TPSA) is 24.9 Å². The average Bonchev–Trinajstić information content (AvgIpc) is 3.52. The highest BCUT2D eigenvalue weighted by atomic mass is 79.9. The summed E-state index contributed by atoms with van der Waals surface area (Å²) in [6.07, 6.45) is 0. The second-order valence-corrected chi connectivity index (χ2v) is 16.7. The van der Waals surface area contributed by atoms with Crippen LogP contribution in [0.4, 0.5) is 34.1 Å². The van der Waals surface area contributed by atoms with Crippen LogP contribution in [0.5, 0.6) is 0 Å². The minimum Gasteiger partial charge on any atom is -0.399 e. The highest BCUT2D eigenvalue weighted by molar-refractivity contribution is 9.10. The third-order valence-electron chi connectivity index (χ3n) is 11.3. The molecule has 0 atom stereocenters. The first kappa shape index (κ1) is 40.6. The van der Waals surface area contributed by atoms with Gasteiger partial charge in [0.05, 0.1) is 11.2 Å². The summed E-state index contributed by atoms with van der Waals surface area (Å²) < 4.78 is 13.6. The zero-order valence-corrected chi connectivity index (χ0v) is 36.0. The van der Waals surface area contributed by atoms with Crippen LogP contribution in [0, 0.1) is 0 Å². The number of anilines is 6. The van der Waals surface area contributed by atoms with Gasteiger partial charge in [-0.2, -0.15) is 0 Å². The van der Waals surface area contributed by atoms with Crippen LogP contribution in [0.15, 0.2) is 223 Å². The van der Waals surface area contributed by atoms with Crippen molar-refractivity contribution in [3.05, 3.63) is 223 Å². The van der Waals surface area contributed by atoms with E-state index in [0.29, 0.717) is 0 Å². The number of benzene rings is 8. The predicted molar refractivity (Wildman–Crippen MR) is 257 cm³/mol. The summed E-state index contributed by atoms with van der Waals surface area (Å²) in [5, 5.41) is 0. The van der Waals surface area contributed by atoms with Crippen LogP contribution in [0.25, 0.3) is 22.3 Å². The Morgan fingerprint density at radius 1 is 0.333 bits per heavy atom. The fourth-order valence-electron chi connectivity index (χ4n) is 7.27. The van der Waals surface area contributed by atoms with Crippen molar-refractivity contribution in [3.8, 4) is 22.3 Å². The summed E-state index contributed by atoms with van der Waals surface area (Å²) in [4.78, 5) is 4.53. The number of halogens is 1. The largest absolute Gasteiger partial charge is 0.494 e. The molecule has 0 N–H and O–H groups in total. The maximum Gasteiger partial charge on any atom is 0.494 e. The fourth-order valence-corrected chi connectivity index (χ4v) is 7.53. The first-order valence-electron chi connectivity index (χ1n) is 20.4. The second-order valence-electron chi connectivity index (χ2n) is 15.8. The van der Waals surface area contributed by atoms with E-state index in [1.54, 1.807) is 0 Å². The van der Waals surface area contributed by atoms with E-state index >= 15 is 0 Å². The summed E-state index contributed by atoms with van der Waals surface area (Å²) in [6.45, 7) is 8.32. The maximum atomic E-state index is 6.24. The van der Waals surface area contributed by atoms with Gasteiger partial charge in [-0.1, -0.05) is 149 Å². The van der Waals surface area contributed by atoms with E-state index < -0.39 is 0 Å². The lowest BCUT2D eigenvalue weighted by molar-refractivity contribution is 0.00578. The quantitative estimate of drug-likeness (QED) is 0.135. The fraction of sp³-hybridized carbons (Fsp3) is 0.111. The maximum absolute atomic E-state index is 6.24. The average molecular weight is 848 g/mol. The van der Waals surface area contributed by atoms with Gasteiger partial charge in [0.15, 0.2) is 0 Å². The first-order valence-corrected chi connectivity index (χ1v) is 21.2. The van der Waals surface area contributed by atoms with Crippen molar-refractivity contribution < 1.29 is 9.31 Å². The van der Waals surface area contributed by atoms with Crippen molar-refractivity contribution in [2.24, 2.45) is 0 Å². The number of para-hydroxylation sites is 2. The molecule has 1 heterocycles. The van der Waals surface area contributed by atoms with E-state index in [1.165, 1.54) is 22.3 Å². The smallest absolute Gasteiger partial charge is 0.399 e. The van der Waals surface area contributed by atoms with Gasteiger partial charge in [0, 0.05) is 38.6 Å². The molecule has 1 saturated heterocycles. The summed E-state index contributed by atoms with van der Waals surface area (Å²) in [5.41, 5.74) is 11.9. The second kappa shape index (κ2) is 18.0. The van der Waals surface area contributed by atoms with E-state index in [0.717, 1.165) is 44.1 Å². The molecular weight excluding hydrogens is 799 g/mol.